The van der Waals surface area contributed by atoms with Crippen molar-refractivity contribution >= 4 is 11.7 Å². The fraction of sp³-hybridized carbons (Fsp3) is 0.516. The maximum atomic E-state index is 12.6. The van der Waals surface area contributed by atoms with Crippen molar-refractivity contribution in [1.82, 2.24) is 14.5 Å². The number of piperidine rings is 1. The van der Waals surface area contributed by atoms with E-state index in [-0.39, 0.29) is 5.41 Å². The summed E-state index contributed by atoms with van der Waals surface area (Å²) < 4.78 is 14.2. The van der Waals surface area contributed by atoms with Gasteiger partial charge in [-0.15, -0.1) is 0 Å². The van der Waals surface area contributed by atoms with Crippen molar-refractivity contribution in [3.63, 3.8) is 0 Å². The van der Waals surface area contributed by atoms with Crippen LogP contribution in [0.2, 0.25) is 0 Å². The quantitative estimate of drug-likeness (QED) is 0.349. The molecule has 3 aromatic heterocycles. The molecule has 0 unspecified atom stereocenters. The van der Waals surface area contributed by atoms with E-state index in [2.05, 4.69) is 41.3 Å². The molecule has 0 bridgehead atoms. The van der Waals surface area contributed by atoms with E-state index in [0.29, 0.717) is 23.6 Å². The number of hydrogen-bond donors (Lipinski definition) is 1. The van der Waals surface area contributed by atoms with Gasteiger partial charge in [0, 0.05) is 48.0 Å². The number of rotatable bonds is 9. The second kappa shape index (κ2) is 11.4. The van der Waals surface area contributed by atoms with E-state index in [1.165, 1.54) is 5.69 Å². The van der Waals surface area contributed by atoms with E-state index in [1.54, 1.807) is 6.20 Å². The van der Waals surface area contributed by atoms with Crippen LogP contribution < -0.4 is 9.64 Å². The Labute approximate surface area is 232 Å². The molecule has 4 heterocycles. The third kappa shape index (κ3) is 6.98. The lowest BCUT2D eigenvalue weighted by Gasteiger charge is -2.40. The zero-order chi connectivity index (χ0) is 28.4. The summed E-state index contributed by atoms with van der Waals surface area (Å²) in [7, 11) is 0. The van der Waals surface area contributed by atoms with Crippen LogP contribution in [0.4, 0.5) is 5.69 Å². The predicted octanol–water partition coefficient (Wildman–Crippen LogP) is 6.21. The van der Waals surface area contributed by atoms with Crippen molar-refractivity contribution in [3.05, 3.63) is 59.8 Å². The molecule has 8 nitrogen and oxygen atoms in total. The van der Waals surface area contributed by atoms with Crippen molar-refractivity contribution in [3.8, 4) is 17.0 Å². The predicted molar refractivity (Wildman–Crippen MR) is 153 cm³/mol. The van der Waals surface area contributed by atoms with E-state index in [4.69, 9.17) is 14.5 Å². The number of carboxylic acids is 1. The zero-order valence-electron chi connectivity index (χ0n) is 24.3. The molecule has 8 heteroatoms. The fourth-order valence-electron chi connectivity index (χ4n) is 5.01. The molecule has 4 rings (SSSR count). The second-order valence-electron chi connectivity index (χ2n) is 12.2. The summed E-state index contributed by atoms with van der Waals surface area (Å²) in [6.07, 6.45) is 6.43. The molecule has 0 spiro atoms. The van der Waals surface area contributed by atoms with Crippen molar-refractivity contribution in [2.45, 2.75) is 79.6 Å². The molecule has 39 heavy (non-hydrogen) atoms. The van der Waals surface area contributed by atoms with Crippen LogP contribution in [-0.2, 0) is 16.1 Å². The molecule has 0 radical (unpaired) electrons. The van der Waals surface area contributed by atoms with Gasteiger partial charge in [-0.3, -0.25) is 9.97 Å². The van der Waals surface area contributed by atoms with Crippen molar-refractivity contribution in [2.24, 2.45) is 5.41 Å². The molecule has 3 aromatic rings. The molecule has 1 N–H and O–H groups in total. The maximum absolute atomic E-state index is 12.6. The number of nitrogens with zero attached hydrogens (tertiary/aromatic N) is 4. The van der Waals surface area contributed by atoms with Gasteiger partial charge in [-0.2, -0.15) is 0 Å². The normalized spacial score (nSPS) is 16.2. The number of carboxylic acid groups (broad SMARTS) is 1. The van der Waals surface area contributed by atoms with Gasteiger partial charge in [0.15, 0.2) is 6.10 Å². The number of anilines is 1. The minimum atomic E-state index is -1.15. The summed E-state index contributed by atoms with van der Waals surface area (Å²) in [5, 5.41) is 10.3. The Bertz CT molecular complexity index is 1280. The summed E-state index contributed by atoms with van der Waals surface area (Å²) in [5.74, 6) is -0.343. The monoisotopic (exact) mass is 534 g/mol. The molecule has 1 atom stereocenters. The van der Waals surface area contributed by atoms with Crippen LogP contribution in [0, 0.1) is 19.3 Å². The molecule has 1 aliphatic heterocycles. The first-order valence-corrected chi connectivity index (χ1v) is 13.7. The number of hydrogen-bond acceptors (Lipinski definition) is 6. The molecular formula is C31H42N4O4. The van der Waals surface area contributed by atoms with Crippen LogP contribution in [0.1, 0.15) is 70.5 Å². The molecule has 0 saturated carbocycles. The fourth-order valence-corrected chi connectivity index (χ4v) is 5.01. The largest absolute Gasteiger partial charge is 0.490 e. The first-order valence-electron chi connectivity index (χ1n) is 13.7. The van der Waals surface area contributed by atoms with Gasteiger partial charge in [0.25, 0.3) is 0 Å². The highest BCUT2D eigenvalue weighted by atomic mass is 16.5. The number of pyridine rings is 2. The summed E-state index contributed by atoms with van der Waals surface area (Å²) in [5.41, 5.74) is 4.39. The van der Waals surface area contributed by atoms with E-state index < -0.39 is 17.7 Å². The Kier molecular flexibility index (Phi) is 8.35. The van der Waals surface area contributed by atoms with E-state index in [9.17, 15) is 9.90 Å². The molecule has 210 valence electrons. The first-order chi connectivity index (χ1) is 18.3. The van der Waals surface area contributed by atoms with Crippen LogP contribution in [-0.4, -0.2) is 50.9 Å². The van der Waals surface area contributed by atoms with E-state index >= 15 is 0 Å². The average molecular weight is 535 g/mol. The molecule has 0 aromatic carbocycles. The molecule has 0 amide bonds. The molecule has 1 aliphatic rings. The summed E-state index contributed by atoms with van der Waals surface area (Å²) >= 11 is 0. The Hall–Kier alpha value is -3.39. The third-order valence-electron chi connectivity index (χ3n) is 7.35. The van der Waals surface area contributed by atoms with Gasteiger partial charge in [0.05, 0.1) is 29.7 Å². The van der Waals surface area contributed by atoms with Gasteiger partial charge in [0.2, 0.25) is 0 Å². The lowest BCUT2D eigenvalue weighted by Crippen LogP contribution is -2.39. The minimum absolute atomic E-state index is 0.240. The molecule has 1 fully saturated rings. The molecule has 0 aliphatic carbocycles. The number of ether oxygens (including phenoxy) is 2. The molecular weight excluding hydrogens is 492 g/mol. The van der Waals surface area contributed by atoms with Crippen molar-refractivity contribution < 1.29 is 19.4 Å². The summed E-state index contributed by atoms with van der Waals surface area (Å²) in [6, 6.07) is 7.93. The van der Waals surface area contributed by atoms with Crippen molar-refractivity contribution in [1.29, 1.82) is 0 Å². The lowest BCUT2D eigenvalue weighted by atomic mass is 9.82. The number of aryl methyl sites for hydroxylation is 2. The van der Waals surface area contributed by atoms with Gasteiger partial charge in [-0.25, -0.2) is 4.79 Å². The van der Waals surface area contributed by atoms with Gasteiger partial charge < -0.3 is 24.0 Å². The van der Waals surface area contributed by atoms with Crippen LogP contribution in [0.3, 0.4) is 0 Å². The topological polar surface area (TPSA) is 89.7 Å². The third-order valence-corrected chi connectivity index (χ3v) is 7.35. The van der Waals surface area contributed by atoms with Gasteiger partial charge in [0.1, 0.15) is 12.4 Å². The highest BCUT2D eigenvalue weighted by molar-refractivity contribution is 5.85. The number of carbonyl (C=O) groups is 1. The van der Waals surface area contributed by atoms with Crippen LogP contribution >= 0.6 is 0 Å². The number of aromatic nitrogens is 3. The van der Waals surface area contributed by atoms with Crippen molar-refractivity contribution in [2.75, 3.05) is 24.6 Å². The number of aliphatic carboxylic acids is 1. The highest BCUT2D eigenvalue weighted by Crippen LogP contribution is 2.43. The Morgan fingerprint density at radius 2 is 1.82 bits per heavy atom. The Morgan fingerprint density at radius 1 is 1.10 bits per heavy atom. The summed E-state index contributed by atoms with van der Waals surface area (Å²) in [6.45, 7) is 17.0. The Morgan fingerprint density at radius 3 is 2.38 bits per heavy atom. The maximum Gasteiger partial charge on any atom is 0.337 e. The van der Waals surface area contributed by atoms with E-state index in [1.807, 2.05) is 58.3 Å². The SMILES string of the molecule is Cc1ncc(-c2ccc(OCCn3cccc3C)cn2)c(N2CCC(C)(C)CC2)c1[C@H](OC(C)(C)C)C(=O)O. The standard InChI is InChI=1S/C31H42N4O4/c1-21-9-8-14-34(21)17-18-38-23-10-11-25(33-19-23)24-20-32-22(2)26(28(29(36)37)39-30(3,4)5)27(24)35-15-12-31(6,7)13-16-35/h8-11,14,19-20,28H,12-13,15-18H2,1-7H3,(H,36,37)/t28-/m0/s1. The highest BCUT2D eigenvalue weighted by Gasteiger charge is 2.36. The summed E-state index contributed by atoms with van der Waals surface area (Å²) in [4.78, 5) is 24.2. The van der Waals surface area contributed by atoms with Crippen LogP contribution in [0.5, 0.6) is 5.75 Å². The zero-order valence-corrected chi connectivity index (χ0v) is 24.3. The van der Waals surface area contributed by atoms with Gasteiger partial charge in [-0.05, 0) is 77.1 Å². The average Bonchev–Trinajstić information content (AvgIpc) is 3.27. The lowest BCUT2D eigenvalue weighted by molar-refractivity contribution is -0.160. The first kappa shape index (κ1) is 28.6. The van der Waals surface area contributed by atoms with Gasteiger partial charge >= 0.3 is 5.97 Å². The minimum Gasteiger partial charge on any atom is -0.490 e. The van der Waals surface area contributed by atoms with Crippen LogP contribution in [0.25, 0.3) is 11.3 Å². The molecule has 1 saturated heterocycles. The van der Waals surface area contributed by atoms with Gasteiger partial charge in [-0.1, -0.05) is 13.8 Å². The second-order valence-corrected chi connectivity index (χ2v) is 12.2. The Balaban J connectivity index is 1.69. The smallest absolute Gasteiger partial charge is 0.337 e. The van der Waals surface area contributed by atoms with E-state index in [0.717, 1.165) is 49.4 Å². The van der Waals surface area contributed by atoms with Crippen LogP contribution in [0.15, 0.2) is 42.9 Å².